The van der Waals surface area contributed by atoms with Crippen LogP contribution >= 0.6 is 0 Å². The Labute approximate surface area is 142 Å². The molecule has 0 aliphatic heterocycles. The van der Waals surface area contributed by atoms with Gasteiger partial charge >= 0.3 is 5.63 Å². The number of fused-ring (bicyclic) bond motifs is 1. The van der Waals surface area contributed by atoms with Gasteiger partial charge in [-0.05, 0) is 30.1 Å². The lowest BCUT2D eigenvalue weighted by Crippen LogP contribution is -2.48. The van der Waals surface area contributed by atoms with E-state index in [0.717, 1.165) is 0 Å². The molecule has 1 aromatic rings. The van der Waals surface area contributed by atoms with Crippen LogP contribution in [0.4, 0.5) is 0 Å². The van der Waals surface area contributed by atoms with Crippen molar-refractivity contribution in [1.82, 2.24) is 0 Å². The molecule has 1 aromatic heterocycles. The molecule has 2 aliphatic carbocycles. The fourth-order valence-corrected chi connectivity index (χ4v) is 4.93. The first-order chi connectivity index (χ1) is 11.4. The number of carbonyl (C=O) groups is 1. The number of aldehydes is 1. The number of hydrogen-bond acceptors (Lipinski definition) is 4. The van der Waals surface area contributed by atoms with Crippen LogP contribution in [0.5, 0.6) is 5.75 Å². The summed E-state index contributed by atoms with van der Waals surface area (Å²) in [7, 11) is 1.48. The van der Waals surface area contributed by atoms with Crippen molar-refractivity contribution in [3.8, 4) is 5.75 Å². The van der Waals surface area contributed by atoms with E-state index in [1.165, 1.54) is 26.4 Å². The molecule has 0 saturated heterocycles. The molecule has 0 amide bonds. The minimum Gasteiger partial charge on any atom is -0.496 e. The summed E-state index contributed by atoms with van der Waals surface area (Å²) < 4.78 is 10.9. The normalized spacial score (nSPS) is 35.3. The lowest BCUT2D eigenvalue weighted by atomic mass is 9.53. The maximum atomic E-state index is 12.3. The smallest absolute Gasteiger partial charge is 0.350 e. The molecular weight excluding hydrogens is 304 g/mol. The quantitative estimate of drug-likeness (QED) is 0.621. The molecule has 0 spiro atoms. The summed E-state index contributed by atoms with van der Waals surface area (Å²) >= 11 is 0. The maximum absolute atomic E-state index is 12.3. The molecule has 4 heteroatoms. The van der Waals surface area contributed by atoms with Gasteiger partial charge in [0, 0.05) is 11.5 Å². The molecule has 0 bridgehead atoms. The summed E-state index contributed by atoms with van der Waals surface area (Å²) in [6.07, 6.45) is 8.73. The van der Waals surface area contributed by atoms with Crippen LogP contribution in [0.3, 0.4) is 0 Å². The number of rotatable bonds is 3. The van der Waals surface area contributed by atoms with Crippen LogP contribution in [0, 0.1) is 23.7 Å². The van der Waals surface area contributed by atoms with Crippen LogP contribution in [0.15, 0.2) is 27.4 Å². The first kappa shape index (κ1) is 17.0. The molecule has 0 N–H and O–H groups in total. The molecule has 130 valence electrons. The van der Waals surface area contributed by atoms with Crippen molar-refractivity contribution in [1.29, 1.82) is 0 Å². The Morgan fingerprint density at radius 3 is 2.71 bits per heavy atom. The summed E-state index contributed by atoms with van der Waals surface area (Å²) in [6, 6.07) is 1.75. The Balaban J connectivity index is 2.18. The van der Waals surface area contributed by atoms with Crippen molar-refractivity contribution < 1.29 is 13.9 Å². The van der Waals surface area contributed by atoms with Gasteiger partial charge in [-0.3, -0.25) is 4.79 Å². The van der Waals surface area contributed by atoms with E-state index in [1.807, 2.05) is 0 Å². The van der Waals surface area contributed by atoms with Crippen molar-refractivity contribution >= 4 is 6.29 Å². The van der Waals surface area contributed by atoms with Gasteiger partial charge in [0.2, 0.25) is 0 Å². The Morgan fingerprint density at radius 2 is 2.04 bits per heavy atom. The summed E-state index contributed by atoms with van der Waals surface area (Å²) in [4.78, 5) is 23.5. The molecular formula is C20H26O4. The first-order valence-electron chi connectivity index (χ1n) is 8.79. The Kier molecular flexibility index (Phi) is 4.41. The van der Waals surface area contributed by atoms with E-state index in [0.29, 0.717) is 35.5 Å². The second-order valence-electron chi connectivity index (χ2n) is 7.55. The van der Waals surface area contributed by atoms with Crippen molar-refractivity contribution in [3.63, 3.8) is 0 Å². The topological polar surface area (TPSA) is 56.5 Å². The average Bonchev–Trinajstić information content (AvgIpc) is 2.57. The third-order valence-electron chi connectivity index (χ3n) is 6.38. The number of ether oxygens (including phenoxy) is 1. The van der Waals surface area contributed by atoms with E-state index in [1.54, 1.807) is 6.07 Å². The van der Waals surface area contributed by atoms with E-state index >= 15 is 0 Å². The third-order valence-corrected chi connectivity index (χ3v) is 6.38. The van der Waals surface area contributed by atoms with Crippen LogP contribution in [-0.2, 0) is 5.41 Å². The van der Waals surface area contributed by atoms with Gasteiger partial charge in [-0.2, -0.15) is 0 Å². The van der Waals surface area contributed by atoms with Gasteiger partial charge in [0.1, 0.15) is 17.1 Å². The van der Waals surface area contributed by atoms with Gasteiger partial charge in [0.15, 0.2) is 6.29 Å². The summed E-state index contributed by atoms with van der Waals surface area (Å²) in [6.45, 7) is 6.67. The molecule has 5 atom stereocenters. The zero-order valence-electron chi connectivity index (χ0n) is 14.9. The van der Waals surface area contributed by atoms with E-state index in [9.17, 15) is 9.59 Å². The molecule has 3 rings (SSSR count). The van der Waals surface area contributed by atoms with Crippen LogP contribution in [0.25, 0.3) is 0 Å². The monoisotopic (exact) mass is 330 g/mol. The predicted molar refractivity (Wildman–Crippen MR) is 92.6 cm³/mol. The zero-order valence-corrected chi connectivity index (χ0v) is 14.9. The van der Waals surface area contributed by atoms with Crippen LogP contribution < -0.4 is 10.4 Å². The van der Waals surface area contributed by atoms with E-state index in [-0.39, 0.29) is 16.9 Å². The van der Waals surface area contributed by atoms with Crippen molar-refractivity contribution in [2.45, 2.75) is 45.4 Å². The molecule has 1 heterocycles. The second-order valence-corrected chi connectivity index (χ2v) is 7.55. The van der Waals surface area contributed by atoms with Gasteiger partial charge in [-0.25, -0.2) is 4.79 Å². The minimum absolute atomic E-state index is 0.0444. The highest BCUT2D eigenvalue weighted by atomic mass is 16.5. The molecule has 2 aliphatic rings. The van der Waals surface area contributed by atoms with E-state index in [2.05, 4.69) is 32.9 Å². The van der Waals surface area contributed by atoms with Gasteiger partial charge in [0.05, 0.1) is 7.11 Å². The molecule has 0 radical (unpaired) electrons. The van der Waals surface area contributed by atoms with Crippen LogP contribution in [-0.4, -0.2) is 13.4 Å². The van der Waals surface area contributed by atoms with Gasteiger partial charge in [-0.15, -0.1) is 0 Å². The SMILES string of the molecule is COc1cc(C2(C)C(C)C=CC3CCCC(C)C32)oc(=O)c1C=O. The second kappa shape index (κ2) is 6.23. The molecule has 1 saturated carbocycles. The zero-order chi connectivity index (χ0) is 17.5. The number of carbonyl (C=O) groups excluding carboxylic acids is 1. The summed E-state index contributed by atoms with van der Waals surface area (Å²) in [5.74, 6) is 2.67. The lowest BCUT2D eigenvalue weighted by molar-refractivity contribution is 0.0542. The van der Waals surface area contributed by atoms with Gasteiger partial charge in [-0.1, -0.05) is 45.8 Å². The maximum Gasteiger partial charge on any atom is 0.350 e. The highest BCUT2D eigenvalue weighted by Gasteiger charge is 2.50. The molecule has 4 nitrogen and oxygen atoms in total. The Morgan fingerprint density at radius 1 is 1.29 bits per heavy atom. The number of allylic oxidation sites excluding steroid dienone is 2. The Hall–Kier alpha value is -1.84. The fourth-order valence-electron chi connectivity index (χ4n) is 4.93. The van der Waals surface area contributed by atoms with Gasteiger partial charge in [0.25, 0.3) is 0 Å². The molecule has 0 aromatic carbocycles. The summed E-state index contributed by atoms with van der Waals surface area (Å²) in [5, 5.41) is 0. The summed E-state index contributed by atoms with van der Waals surface area (Å²) in [5.41, 5.74) is -0.938. The molecule has 5 unspecified atom stereocenters. The fraction of sp³-hybridized carbons (Fsp3) is 0.600. The van der Waals surface area contributed by atoms with E-state index in [4.69, 9.17) is 9.15 Å². The van der Waals surface area contributed by atoms with Crippen molar-refractivity contribution in [2.75, 3.05) is 7.11 Å². The Bertz CT molecular complexity index is 717. The minimum atomic E-state index is -0.609. The standard InChI is InChI=1S/C20H26O4/c1-12-6-5-7-14-9-8-13(2)20(3,18(12)14)17-10-16(23-4)15(11-21)19(22)24-17/h8-14,18H,5-7H2,1-4H3. The van der Waals surface area contributed by atoms with Crippen molar-refractivity contribution in [3.05, 3.63) is 40.0 Å². The number of methoxy groups -OCH3 is 1. The number of hydrogen-bond donors (Lipinski definition) is 0. The molecule has 1 fully saturated rings. The molecule has 24 heavy (non-hydrogen) atoms. The van der Waals surface area contributed by atoms with E-state index < -0.39 is 5.63 Å². The van der Waals surface area contributed by atoms with Crippen molar-refractivity contribution in [2.24, 2.45) is 23.7 Å². The van der Waals surface area contributed by atoms with Crippen LogP contribution in [0.2, 0.25) is 0 Å². The van der Waals surface area contributed by atoms with Gasteiger partial charge < -0.3 is 9.15 Å². The highest BCUT2D eigenvalue weighted by Crippen LogP contribution is 2.54. The van der Waals surface area contributed by atoms with Crippen LogP contribution in [0.1, 0.15) is 56.2 Å². The first-order valence-corrected chi connectivity index (χ1v) is 8.79. The highest BCUT2D eigenvalue weighted by molar-refractivity contribution is 5.78. The average molecular weight is 330 g/mol. The predicted octanol–water partition coefficient (Wildman–Crippen LogP) is 3.98. The largest absolute Gasteiger partial charge is 0.496 e. The lowest BCUT2D eigenvalue weighted by Gasteiger charge is -2.51. The third kappa shape index (κ3) is 2.43.